The highest BCUT2D eigenvalue weighted by Gasteiger charge is 2.25. The summed E-state index contributed by atoms with van der Waals surface area (Å²) in [6.45, 7) is 12.6. The van der Waals surface area contributed by atoms with Gasteiger partial charge in [0.25, 0.3) is 0 Å². The minimum Gasteiger partial charge on any atom is -0.367 e. The molecule has 0 amide bonds. The summed E-state index contributed by atoms with van der Waals surface area (Å²) >= 11 is 6.15. The molecular weight excluding hydrogens is 354 g/mol. The van der Waals surface area contributed by atoms with E-state index in [0.717, 1.165) is 24.5 Å². The molecule has 0 bridgehead atoms. The van der Waals surface area contributed by atoms with E-state index in [0.29, 0.717) is 18.6 Å². The number of halogens is 1. The number of fused-ring (bicyclic) bond motifs is 1. The molecule has 0 atom stereocenters. The Bertz CT molecular complexity index is 863. The number of hydrogen-bond acceptors (Lipinski definition) is 2. The number of ketones is 1. The van der Waals surface area contributed by atoms with Crippen molar-refractivity contribution in [2.24, 2.45) is 5.41 Å². The van der Waals surface area contributed by atoms with Gasteiger partial charge in [-0.3, -0.25) is 4.79 Å². The van der Waals surface area contributed by atoms with Gasteiger partial charge in [-0.05, 0) is 71.7 Å². The van der Waals surface area contributed by atoms with E-state index in [1.165, 1.54) is 33.5 Å². The van der Waals surface area contributed by atoms with Gasteiger partial charge in [0.1, 0.15) is 5.78 Å². The van der Waals surface area contributed by atoms with Crippen LogP contribution in [0.3, 0.4) is 0 Å². The Hall–Kier alpha value is -1.80. The van der Waals surface area contributed by atoms with Gasteiger partial charge in [-0.15, -0.1) is 0 Å². The van der Waals surface area contributed by atoms with Crippen LogP contribution in [0.1, 0.15) is 55.0 Å². The third-order valence-electron chi connectivity index (χ3n) is 5.38. The van der Waals surface area contributed by atoms with Gasteiger partial charge >= 0.3 is 0 Å². The number of anilines is 1. The summed E-state index contributed by atoms with van der Waals surface area (Å²) in [5.41, 5.74) is 7.76. The van der Waals surface area contributed by atoms with E-state index in [1.54, 1.807) is 0 Å². The molecule has 0 unspecified atom stereocenters. The normalized spacial score (nSPS) is 13.8. The van der Waals surface area contributed by atoms with Crippen molar-refractivity contribution in [2.75, 3.05) is 11.4 Å². The van der Waals surface area contributed by atoms with Crippen molar-refractivity contribution in [1.29, 1.82) is 0 Å². The van der Waals surface area contributed by atoms with Gasteiger partial charge in [0, 0.05) is 36.6 Å². The first kappa shape index (κ1) is 19.9. The first-order valence-electron chi connectivity index (χ1n) is 9.77. The second-order valence-electron chi connectivity index (χ2n) is 9.05. The zero-order valence-electron chi connectivity index (χ0n) is 17.2. The number of nitrogens with zero attached hydrogens (tertiary/aromatic N) is 1. The molecule has 0 saturated heterocycles. The maximum Gasteiger partial charge on any atom is 0.137 e. The third kappa shape index (κ3) is 4.73. The largest absolute Gasteiger partial charge is 0.367 e. The molecule has 1 heterocycles. The van der Waals surface area contributed by atoms with E-state index in [9.17, 15) is 4.79 Å². The third-order valence-corrected chi connectivity index (χ3v) is 5.62. The Morgan fingerprint density at radius 2 is 1.93 bits per heavy atom. The number of carbonyl (C=O) groups is 1. The maximum atomic E-state index is 12.5. The van der Waals surface area contributed by atoms with Crippen LogP contribution < -0.4 is 4.90 Å². The SMILES string of the molecule is Cc1cc2c(c(C)c1CC(=O)CC(C)(C)C)CCN2Cc1cccc(Cl)c1. The number of carbonyl (C=O) groups excluding carboxylic acids is 1. The number of Topliss-reactive ketones (excluding diaryl/α,β-unsaturated/α-hetero) is 1. The van der Waals surface area contributed by atoms with Gasteiger partial charge in [-0.2, -0.15) is 0 Å². The van der Waals surface area contributed by atoms with Crippen LogP contribution in [0.5, 0.6) is 0 Å². The predicted octanol–water partition coefficient (Wildman–Crippen LogP) is 6.07. The second-order valence-corrected chi connectivity index (χ2v) is 9.49. The standard InChI is InChI=1S/C24H30ClNO/c1-16-11-23-21(17(2)22(16)13-20(27)14-24(3,4)5)9-10-26(23)15-18-7-6-8-19(25)12-18/h6-8,11-12H,9-10,13-15H2,1-5H3. The lowest BCUT2D eigenvalue weighted by Crippen LogP contribution is -2.20. The average molecular weight is 384 g/mol. The average Bonchev–Trinajstić information content (AvgIpc) is 2.92. The van der Waals surface area contributed by atoms with E-state index in [1.807, 2.05) is 18.2 Å². The van der Waals surface area contributed by atoms with Crippen molar-refractivity contribution in [1.82, 2.24) is 0 Å². The Morgan fingerprint density at radius 3 is 2.59 bits per heavy atom. The van der Waals surface area contributed by atoms with Crippen molar-refractivity contribution in [3.05, 3.63) is 63.2 Å². The van der Waals surface area contributed by atoms with Crippen LogP contribution in [0.4, 0.5) is 5.69 Å². The summed E-state index contributed by atoms with van der Waals surface area (Å²) in [7, 11) is 0. The molecule has 0 spiro atoms. The lowest BCUT2D eigenvalue weighted by molar-refractivity contribution is -0.120. The van der Waals surface area contributed by atoms with Crippen LogP contribution in [-0.4, -0.2) is 12.3 Å². The summed E-state index contributed by atoms with van der Waals surface area (Å²) in [5.74, 6) is 0.336. The monoisotopic (exact) mass is 383 g/mol. The molecule has 144 valence electrons. The van der Waals surface area contributed by atoms with Crippen molar-refractivity contribution in [3.63, 3.8) is 0 Å². The topological polar surface area (TPSA) is 20.3 Å². The second kappa shape index (κ2) is 7.67. The van der Waals surface area contributed by atoms with Crippen LogP contribution in [0.2, 0.25) is 5.02 Å². The summed E-state index contributed by atoms with van der Waals surface area (Å²) in [6, 6.07) is 10.4. The highest BCUT2D eigenvalue weighted by Crippen LogP contribution is 2.36. The van der Waals surface area contributed by atoms with Crippen LogP contribution >= 0.6 is 11.6 Å². The highest BCUT2D eigenvalue weighted by molar-refractivity contribution is 6.30. The number of rotatable bonds is 5. The van der Waals surface area contributed by atoms with E-state index in [4.69, 9.17) is 11.6 Å². The summed E-state index contributed by atoms with van der Waals surface area (Å²) < 4.78 is 0. The first-order valence-corrected chi connectivity index (χ1v) is 10.1. The fourth-order valence-electron chi connectivity index (χ4n) is 4.16. The molecule has 0 radical (unpaired) electrons. The molecule has 2 aromatic rings. The number of hydrogen-bond donors (Lipinski definition) is 0. The van der Waals surface area contributed by atoms with Crippen molar-refractivity contribution >= 4 is 23.1 Å². The molecule has 1 aliphatic rings. The minimum absolute atomic E-state index is 0.0450. The molecular formula is C24H30ClNO. The summed E-state index contributed by atoms with van der Waals surface area (Å²) in [6.07, 6.45) is 2.23. The van der Waals surface area contributed by atoms with E-state index >= 15 is 0 Å². The Balaban J connectivity index is 1.84. The molecule has 0 aliphatic carbocycles. The molecule has 2 aromatic carbocycles. The van der Waals surface area contributed by atoms with Gasteiger partial charge in [-0.1, -0.05) is 44.5 Å². The quantitative estimate of drug-likeness (QED) is 0.624. The van der Waals surface area contributed by atoms with Crippen LogP contribution in [0.25, 0.3) is 0 Å². The van der Waals surface area contributed by atoms with Crippen molar-refractivity contribution < 1.29 is 4.79 Å². The number of benzene rings is 2. The van der Waals surface area contributed by atoms with E-state index in [2.05, 4.69) is 51.7 Å². The van der Waals surface area contributed by atoms with E-state index in [-0.39, 0.29) is 5.41 Å². The van der Waals surface area contributed by atoms with Crippen LogP contribution in [0, 0.1) is 19.3 Å². The predicted molar refractivity (Wildman–Crippen MR) is 115 cm³/mol. The minimum atomic E-state index is 0.0450. The Morgan fingerprint density at radius 1 is 1.19 bits per heavy atom. The van der Waals surface area contributed by atoms with Crippen LogP contribution in [0.15, 0.2) is 30.3 Å². The molecule has 0 saturated carbocycles. The fourth-order valence-corrected chi connectivity index (χ4v) is 4.37. The maximum absolute atomic E-state index is 12.5. The molecule has 2 nitrogen and oxygen atoms in total. The van der Waals surface area contributed by atoms with Gasteiger partial charge in [0.15, 0.2) is 0 Å². The Labute approximate surface area is 168 Å². The lowest BCUT2D eigenvalue weighted by atomic mass is 9.86. The van der Waals surface area contributed by atoms with E-state index < -0.39 is 0 Å². The molecule has 3 rings (SSSR count). The fraction of sp³-hybridized carbons (Fsp3) is 0.458. The number of aryl methyl sites for hydroxylation is 1. The molecule has 0 aromatic heterocycles. The summed E-state index contributed by atoms with van der Waals surface area (Å²) in [4.78, 5) is 15.0. The molecule has 27 heavy (non-hydrogen) atoms. The zero-order valence-corrected chi connectivity index (χ0v) is 17.9. The molecule has 3 heteroatoms. The van der Waals surface area contributed by atoms with Gasteiger partial charge in [0.05, 0.1) is 0 Å². The van der Waals surface area contributed by atoms with Gasteiger partial charge in [0.2, 0.25) is 0 Å². The first-order chi connectivity index (χ1) is 12.6. The highest BCUT2D eigenvalue weighted by atomic mass is 35.5. The van der Waals surface area contributed by atoms with Crippen molar-refractivity contribution in [2.45, 2.75) is 60.4 Å². The van der Waals surface area contributed by atoms with Gasteiger partial charge < -0.3 is 4.90 Å². The summed E-state index contributed by atoms with van der Waals surface area (Å²) in [5, 5.41) is 0.784. The van der Waals surface area contributed by atoms with Crippen molar-refractivity contribution in [3.8, 4) is 0 Å². The smallest absolute Gasteiger partial charge is 0.137 e. The molecule has 1 aliphatic heterocycles. The Kier molecular flexibility index (Phi) is 5.67. The molecule has 0 N–H and O–H groups in total. The van der Waals surface area contributed by atoms with Gasteiger partial charge in [-0.25, -0.2) is 0 Å². The zero-order chi connectivity index (χ0) is 19.8. The lowest BCUT2D eigenvalue weighted by Gasteiger charge is -2.22. The molecule has 0 fully saturated rings. The van der Waals surface area contributed by atoms with Crippen LogP contribution in [-0.2, 0) is 24.2 Å².